The second kappa shape index (κ2) is 8.18. The van der Waals surface area contributed by atoms with E-state index in [2.05, 4.69) is 5.32 Å². The number of hydrogen-bond acceptors (Lipinski definition) is 2. The Morgan fingerprint density at radius 2 is 1.75 bits per heavy atom. The number of aryl methyl sites for hydroxylation is 1. The van der Waals surface area contributed by atoms with E-state index in [1.54, 1.807) is 18.2 Å². The highest BCUT2D eigenvalue weighted by molar-refractivity contribution is 6.44. The molecule has 0 spiro atoms. The molecule has 0 radical (unpaired) electrons. The topological polar surface area (TPSA) is 49.4 Å². The molecule has 0 saturated carbocycles. The molecule has 0 aromatic heterocycles. The van der Waals surface area contributed by atoms with Gasteiger partial charge in [-0.2, -0.15) is 0 Å². The zero-order valence-corrected chi connectivity index (χ0v) is 15.0. The third-order valence-electron chi connectivity index (χ3n) is 3.50. The maximum Gasteiger partial charge on any atom is 0.226 e. The Kier molecular flexibility index (Phi) is 6.23. The standard InChI is InChI=1S/C18H18Cl2N2O2/c1-12-6-8-14(9-7-12)21-17(24)10-11-22(13(2)23)16-5-3-4-15(19)18(16)20/h3-9H,10-11H2,1-2H3,(H,21,24). The van der Waals surface area contributed by atoms with Crippen LogP contribution in [0.5, 0.6) is 0 Å². The fraction of sp³-hybridized carbons (Fsp3) is 0.222. The van der Waals surface area contributed by atoms with Gasteiger partial charge >= 0.3 is 0 Å². The van der Waals surface area contributed by atoms with Crippen LogP contribution in [0.3, 0.4) is 0 Å². The fourth-order valence-electron chi connectivity index (χ4n) is 2.22. The van der Waals surface area contributed by atoms with E-state index >= 15 is 0 Å². The molecule has 0 bridgehead atoms. The Labute approximate surface area is 151 Å². The summed E-state index contributed by atoms with van der Waals surface area (Å²) in [5.41, 5.74) is 2.34. The molecule has 2 aromatic carbocycles. The summed E-state index contributed by atoms with van der Waals surface area (Å²) in [6.45, 7) is 3.62. The third kappa shape index (κ3) is 4.73. The second-order valence-electron chi connectivity index (χ2n) is 5.41. The van der Waals surface area contributed by atoms with Gasteiger partial charge in [0.05, 0.1) is 15.7 Å². The highest BCUT2D eigenvalue weighted by Crippen LogP contribution is 2.32. The Bertz CT molecular complexity index is 745. The number of nitrogens with one attached hydrogen (secondary N) is 1. The number of benzene rings is 2. The van der Waals surface area contributed by atoms with Crippen molar-refractivity contribution in [2.24, 2.45) is 0 Å². The monoisotopic (exact) mass is 364 g/mol. The van der Waals surface area contributed by atoms with Crippen molar-refractivity contribution in [3.63, 3.8) is 0 Å². The number of halogens is 2. The Balaban J connectivity index is 2.03. The molecule has 0 fully saturated rings. The molecule has 0 unspecified atom stereocenters. The highest BCUT2D eigenvalue weighted by Gasteiger charge is 2.17. The summed E-state index contributed by atoms with van der Waals surface area (Å²) < 4.78 is 0. The minimum absolute atomic E-state index is 0.149. The van der Waals surface area contributed by atoms with Gasteiger partial charge in [0, 0.05) is 25.6 Å². The summed E-state index contributed by atoms with van der Waals surface area (Å²) in [5.74, 6) is -0.384. The SMILES string of the molecule is CC(=O)N(CCC(=O)Nc1ccc(C)cc1)c1cccc(Cl)c1Cl. The van der Waals surface area contributed by atoms with Crippen LogP contribution in [0, 0.1) is 6.92 Å². The molecule has 24 heavy (non-hydrogen) atoms. The van der Waals surface area contributed by atoms with Crippen molar-refractivity contribution >= 4 is 46.4 Å². The van der Waals surface area contributed by atoms with E-state index in [1.807, 2.05) is 31.2 Å². The average molecular weight is 365 g/mol. The van der Waals surface area contributed by atoms with Crippen molar-refractivity contribution in [2.75, 3.05) is 16.8 Å². The first kappa shape index (κ1) is 18.3. The van der Waals surface area contributed by atoms with Gasteiger partial charge in [-0.1, -0.05) is 47.0 Å². The Morgan fingerprint density at radius 1 is 1.08 bits per heavy atom. The van der Waals surface area contributed by atoms with Crippen LogP contribution in [0.1, 0.15) is 18.9 Å². The number of rotatable bonds is 5. The fourth-order valence-corrected chi connectivity index (χ4v) is 2.62. The quantitative estimate of drug-likeness (QED) is 0.836. The maximum absolute atomic E-state index is 12.1. The predicted octanol–water partition coefficient (Wildman–Crippen LogP) is 4.68. The first-order valence-electron chi connectivity index (χ1n) is 7.47. The van der Waals surface area contributed by atoms with Gasteiger partial charge in [-0.25, -0.2) is 0 Å². The summed E-state index contributed by atoms with van der Waals surface area (Å²) in [6, 6.07) is 12.6. The molecule has 6 heteroatoms. The number of anilines is 2. The zero-order valence-electron chi connectivity index (χ0n) is 13.5. The lowest BCUT2D eigenvalue weighted by Crippen LogP contribution is -2.32. The molecular formula is C18H18Cl2N2O2. The van der Waals surface area contributed by atoms with Crippen LogP contribution < -0.4 is 10.2 Å². The maximum atomic E-state index is 12.1. The Morgan fingerprint density at radius 3 is 2.38 bits per heavy atom. The molecule has 0 atom stereocenters. The van der Waals surface area contributed by atoms with E-state index in [0.29, 0.717) is 15.7 Å². The Hall–Kier alpha value is -2.04. The van der Waals surface area contributed by atoms with Gasteiger partial charge in [0.1, 0.15) is 0 Å². The number of hydrogen-bond donors (Lipinski definition) is 1. The van der Waals surface area contributed by atoms with Crippen molar-refractivity contribution in [3.05, 3.63) is 58.1 Å². The summed E-state index contributed by atoms with van der Waals surface area (Å²) in [7, 11) is 0. The van der Waals surface area contributed by atoms with E-state index in [1.165, 1.54) is 11.8 Å². The molecule has 0 heterocycles. The van der Waals surface area contributed by atoms with Gasteiger partial charge in [0.25, 0.3) is 0 Å². The predicted molar refractivity (Wildman–Crippen MR) is 98.9 cm³/mol. The van der Waals surface area contributed by atoms with E-state index in [-0.39, 0.29) is 24.8 Å². The van der Waals surface area contributed by atoms with Crippen molar-refractivity contribution < 1.29 is 9.59 Å². The lowest BCUT2D eigenvalue weighted by molar-refractivity contribution is -0.117. The average Bonchev–Trinajstić information content (AvgIpc) is 2.53. The van der Waals surface area contributed by atoms with Crippen molar-refractivity contribution in [3.8, 4) is 0 Å². The van der Waals surface area contributed by atoms with Crippen molar-refractivity contribution in [2.45, 2.75) is 20.3 Å². The van der Waals surface area contributed by atoms with E-state index < -0.39 is 0 Å². The summed E-state index contributed by atoms with van der Waals surface area (Å²) >= 11 is 12.2. The number of amides is 2. The van der Waals surface area contributed by atoms with Crippen LogP contribution in [-0.2, 0) is 9.59 Å². The summed E-state index contributed by atoms with van der Waals surface area (Å²) in [4.78, 5) is 25.5. The van der Waals surface area contributed by atoms with E-state index in [0.717, 1.165) is 11.3 Å². The van der Waals surface area contributed by atoms with Crippen LogP contribution >= 0.6 is 23.2 Å². The van der Waals surface area contributed by atoms with E-state index in [9.17, 15) is 9.59 Å². The van der Waals surface area contributed by atoms with Crippen LogP contribution in [0.15, 0.2) is 42.5 Å². The third-order valence-corrected chi connectivity index (χ3v) is 4.31. The lowest BCUT2D eigenvalue weighted by atomic mass is 10.2. The zero-order chi connectivity index (χ0) is 17.7. The highest BCUT2D eigenvalue weighted by atomic mass is 35.5. The molecule has 2 aromatic rings. The van der Waals surface area contributed by atoms with E-state index in [4.69, 9.17) is 23.2 Å². The minimum Gasteiger partial charge on any atom is -0.326 e. The van der Waals surface area contributed by atoms with Gasteiger partial charge in [0.15, 0.2) is 0 Å². The van der Waals surface area contributed by atoms with Crippen molar-refractivity contribution in [1.29, 1.82) is 0 Å². The number of carbonyl (C=O) groups is 2. The second-order valence-corrected chi connectivity index (χ2v) is 6.19. The van der Waals surface area contributed by atoms with Gasteiger partial charge in [-0.3, -0.25) is 9.59 Å². The van der Waals surface area contributed by atoms with Crippen LogP contribution in [0.4, 0.5) is 11.4 Å². The summed E-state index contributed by atoms with van der Waals surface area (Å²) in [6.07, 6.45) is 0.149. The molecule has 0 aliphatic rings. The lowest BCUT2D eigenvalue weighted by Gasteiger charge is -2.22. The molecule has 0 aliphatic heterocycles. The molecule has 2 rings (SSSR count). The molecule has 126 valence electrons. The molecule has 1 N–H and O–H groups in total. The van der Waals surface area contributed by atoms with Gasteiger partial charge < -0.3 is 10.2 Å². The van der Waals surface area contributed by atoms with Gasteiger partial charge in [-0.15, -0.1) is 0 Å². The minimum atomic E-state index is -0.206. The van der Waals surface area contributed by atoms with Crippen LogP contribution in [0.25, 0.3) is 0 Å². The first-order valence-corrected chi connectivity index (χ1v) is 8.22. The normalized spacial score (nSPS) is 10.3. The number of nitrogens with zero attached hydrogens (tertiary/aromatic N) is 1. The van der Waals surface area contributed by atoms with Gasteiger partial charge in [-0.05, 0) is 31.2 Å². The van der Waals surface area contributed by atoms with Crippen LogP contribution in [-0.4, -0.2) is 18.4 Å². The van der Waals surface area contributed by atoms with Crippen LogP contribution in [0.2, 0.25) is 10.0 Å². The van der Waals surface area contributed by atoms with Crippen molar-refractivity contribution in [1.82, 2.24) is 0 Å². The molecular weight excluding hydrogens is 347 g/mol. The molecule has 2 amide bonds. The van der Waals surface area contributed by atoms with Gasteiger partial charge in [0.2, 0.25) is 11.8 Å². The molecule has 4 nitrogen and oxygen atoms in total. The largest absolute Gasteiger partial charge is 0.326 e. The molecule has 0 saturated heterocycles. The number of carbonyl (C=O) groups excluding carboxylic acids is 2. The molecule has 0 aliphatic carbocycles. The summed E-state index contributed by atoms with van der Waals surface area (Å²) in [5, 5.41) is 3.47. The first-order chi connectivity index (χ1) is 11.4. The smallest absolute Gasteiger partial charge is 0.226 e.